The minimum Gasteiger partial charge on any atom is -0.458 e. The van der Waals surface area contributed by atoms with E-state index in [2.05, 4.69) is 0 Å². The summed E-state index contributed by atoms with van der Waals surface area (Å²) in [7, 11) is 0. The van der Waals surface area contributed by atoms with Gasteiger partial charge in [0.15, 0.2) is 6.10 Å². The fraction of sp³-hybridized carbons (Fsp3) is 0.357. The molecule has 0 fully saturated rings. The van der Waals surface area contributed by atoms with E-state index in [0.717, 1.165) is 11.1 Å². The minimum atomic E-state index is -0.747. The lowest BCUT2D eigenvalue weighted by Crippen LogP contribution is -2.36. The summed E-state index contributed by atoms with van der Waals surface area (Å²) in [4.78, 5) is 24.5. The van der Waals surface area contributed by atoms with Gasteiger partial charge in [0.05, 0.1) is 19.3 Å². The van der Waals surface area contributed by atoms with Crippen molar-refractivity contribution in [3.05, 3.63) is 96.1 Å². The number of hydrogen-bond donors (Lipinski definition) is 0. The highest BCUT2D eigenvalue weighted by Gasteiger charge is 2.28. The van der Waals surface area contributed by atoms with Gasteiger partial charge in [0.25, 0.3) is 0 Å². The summed E-state index contributed by atoms with van der Waals surface area (Å²) in [6.45, 7) is 4.20. The smallest absolute Gasteiger partial charge is 0.331 e. The number of ether oxygens (including phenoxy) is 4. The molecule has 3 rings (SSSR count). The predicted octanol–water partition coefficient (Wildman–Crippen LogP) is 4.93. The van der Waals surface area contributed by atoms with Crippen LogP contribution in [-0.4, -0.2) is 36.4 Å². The number of carbonyl (C=O) groups is 2. The molecule has 6 heteroatoms. The van der Waals surface area contributed by atoms with Crippen LogP contribution in [0, 0.1) is 0 Å². The van der Waals surface area contributed by atoms with Crippen molar-refractivity contribution >= 4 is 11.9 Å². The quantitative estimate of drug-likeness (QED) is 0.314. The molecule has 0 aromatic heterocycles. The fourth-order valence-electron chi connectivity index (χ4n) is 3.59. The number of rotatable bonds is 8. The first-order chi connectivity index (χ1) is 16.5. The summed E-state index contributed by atoms with van der Waals surface area (Å²) >= 11 is 0. The normalized spacial score (nSPS) is 23.4. The van der Waals surface area contributed by atoms with Crippen molar-refractivity contribution < 1.29 is 28.5 Å². The van der Waals surface area contributed by atoms with Crippen LogP contribution in [-0.2, 0) is 41.8 Å². The zero-order valence-electron chi connectivity index (χ0n) is 19.7. The summed E-state index contributed by atoms with van der Waals surface area (Å²) in [5.41, 5.74) is 2.05. The molecule has 1 heterocycles. The Morgan fingerprint density at radius 2 is 1.53 bits per heavy atom. The molecule has 2 aromatic rings. The predicted molar refractivity (Wildman–Crippen MR) is 129 cm³/mol. The Bertz CT molecular complexity index is 953. The van der Waals surface area contributed by atoms with Crippen molar-refractivity contribution in [3.8, 4) is 0 Å². The molecule has 6 nitrogen and oxygen atoms in total. The largest absolute Gasteiger partial charge is 0.458 e. The first kappa shape index (κ1) is 25.4. The van der Waals surface area contributed by atoms with Crippen LogP contribution in [0.1, 0.15) is 37.8 Å². The van der Waals surface area contributed by atoms with Gasteiger partial charge in [-0.1, -0.05) is 72.8 Å². The lowest BCUT2D eigenvalue weighted by Gasteiger charge is -2.28. The van der Waals surface area contributed by atoms with Crippen LogP contribution in [0.25, 0.3) is 0 Å². The van der Waals surface area contributed by atoms with Crippen LogP contribution in [0.15, 0.2) is 85.0 Å². The van der Waals surface area contributed by atoms with E-state index >= 15 is 0 Å². The van der Waals surface area contributed by atoms with E-state index in [9.17, 15) is 9.59 Å². The molecule has 1 aliphatic heterocycles. The second kappa shape index (κ2) is 13.5. The van der Waals surface area contributed by atoms with E-state index in [4.69, 9.17) is 18.9 Å². The van der Waals surface area contributed by atoms with Crippen LogP contribution in [0.5, 0.6) is 0 Å². The maximum atomic E-state index is 12.5. The third-order valence-corrected chi connectivity index (χ3v) is 5.42. The van der Waals surface area contributed by atoms with Crippen LogP contribution in [0.3, 0.4) is 0 Å². The summed E-state index contributed by atoms with van der Waals surface area (Å²) in [5.74, 6) is -0.874. The van der Waals surface area contributed by atoms with Crippen molar-refractivity contribution in [3.63, 3.8) is 0 Å². The maximum Gasteiger partial charge on any atom is 0.331 e. The average Bonchev–Trinajstić information content (AvgIpc) is 2.84. The number of carbonyl (C=O) groups excluding carboxylic acids is 2. The van der Waals surface area contributed by atoms with Gasteiger partial charge in [0.2, 0.25) is 0 Å². The molecule has 0 radical (unpaired) electrons. The Balaban J connectivity index is 1.82. The molecule has 0 spiro atoms. The monoisotopic (exact) mass is 464 g/mol. The summed E-state index contributed by atoms with van der Waals surface area (Å²) in [6.07, 6.45) is 4.87. The van der Waals surface area contributed by atoms with E-state index in [0.29, 0.717) is 19.6 Å². The number of benzene rings is 2. The third-order valence-electron chi connectivity index (χ3n) is 5.42. The first-order valence-corrected chi connectivity index (χ1v) is 11.6. The first-order valence-electron chi connectivity index (χ1n) is 11.6. The Kier molecular flexibility index (Phi) is 10.1. The van der Waals surface area contributed by atoms with E-state index in [1.54, 1.807) is 26.0 Å². The SMILES string of the molecule is C/C=C/C(=O)O[C@H]1C=C[C@@H](OCc2ccccc2)C(OCc2ccccc2)CCC(=O)O[C@@H]1C. The molecular weight excluding hydrogens is 432 g/mol. The molecule has 0 amide bonds. The van der Waals surface area contributed by atoms with Crippen LogP contribution in [0.2, 0.25) is 0 Å². The van der Waals surface area contributed by atoms with E-state index in [-0.39, 0.29) is 12.4 Å². The average molecular weight is 465 g/mol. The Labute approximate surface area is 201 Å². The number of allylic oxidation sites excluding steroid dienone is 1. The van der Waals surface area contributed by atoms with Gasteiger partial charge in [-0.3, -0.25) is 4.79 Å². The second-order valence-electron chi connectivity index (χ2n) is 8.12. The van der Waals surface area contributed by atoms with Crippen molar-refractivity contribution in [2.24, 2.45) is 0 Å². The standard InChI is InChI=1S/C28H32O6/c1-3-10-27(29)34-24-15-16-25(31-19-22-11-6-4-7-12-22)26(17-18-28(30)33-21(24)2)32-20-23-13-8-5-9-14-23/h3-16,21,24-26H,17-20H2,1-2H3/b10-3+,16-15?/t21-,24+,25-,26?/m1/s1. The molecule has 4 atom stereocenters. The third kappa shape index (κ3) is 8.28. The topological polar surface area (TPSA) is 71.1 Å². The Morgan fingerprint density at radius 1 is 0.941 bits per heavy atom. The van der Waals surface area contributed by atoms with Gasteiger partial charge in [0.1, 0.15) is 12.2 Å². The van der Waals surface area contributed by atoms with E-state index in [1.165, 1.54) is 6.08 Å². The van der Waals surface area contributed by atoms with Crippen molar-refractivity contribution in [2.75, 3.05) is 0 Å². The van der Waals surface area contributed by atoms with Gasteiger partial charge in [-0.05, 0) is 37.5 Å². The lowest BCUT2D eigenvalue weighted by atomic mass is 10.0. The molecule has 0 saturated carbocycles. The van der Waals surface area contributed by atoms with Gasteiger partial charge < -0.3 is 18.9 Å². The fourth-order valence-corrected chi connectivity index (χ4v) is 3.59. The molecule has 1 aliphatic rings. The molecule has 0 saturated heterocycles. The highest BCUT2D eigenvalue weighted by molar-refractivity contribution is 5.82. The molecular formula is C28H32O6. The molecule has 0 bridgehead atoms. The minimum absolute atomic E-state index is 0.165. The van der Waals surface area contributed by atoms with Gasteiger partial charge in [-0.15, -0.1) is 0 Å². The van der Waals surface area contributed by atoms with Crippen molar-refractivity contribution in [1.29, 1.82) is 0 Å². The highest BCUT2D eigenvalue weighted by atomic mass is 16.6. The van der Waals surface area contributed by atoms with Crippen molar-refractivity contribution in [1.82, 2.24) is 0 Å². The van der Waals surface area contributed by atoms with Crippen LogP contribution in [0.4, 0.5) is 0 Å². The van der Waals surface area contributed by atoms with Crippen LogP contribution < -0.4 is 0 Å². The Hall–Kier alpha value is -3.22. The number of esters is 2. The Morgan fingerprint density at radius 3 is 2.15 bits per heavy atom. The lowest BCUT2D eigenvalue weighted by molar-refractivity contribution is -0.162. The van der Waals surface area contributed by atoms with E-state index < -0.39 is 30.4 Å². The zero-order chi connectivity index (χ0) is 24.2. The second-order valence-corrected chi connectivity index (χ2v) is 8.12. The molecule has 180 valence electrons. The number of cyclic esters (lactones) is 1. The zero-order valence-corrected chi connectivity index (χ0v) is 19.7. The van der Waals surface area contributed by atoms with Gasteiger partial charge in [-0.25, -0.2) is 4.79 Å². The molecule has 2 aromatic carbocycles. The van der Waals surface area contributed by atoms with Crippen LogP contribution >= 0.6 is 0 Å². The van der Waals surface area contributed by atoms with Gasteiger partial charge >= 0.3 is 11.9 Å². The molecule has 34 heavy (non-hydrogen) atoms. The van der Waals surface area contributed by atoms with E-state index in [1.807, 2.05) is 66.7 Å². The molecule has 0 aliphatic carbocycles. The summed E-state index contributed by atoms with van der Waals surface area (Å²) < 4.78 is 23.5. The van der Waals surface area contributed by atoms with Crippen molar-refractivity contribution in [2.45, 2.75) is 64.3 Å². The summed E-state index contributed by atoms with van der Waals surface area (Å²) in [6, 6.07) is 19.7. The molecule has 1 unspecified atom stereocenters. The maximum absolute atomic E-state index is 12.5. The number of hydrogen-bond acceptors (Lipinski definition) is 6. The highest BCUT2D eigenvalue weighted by Crippen LogP contribution is 2.21. The molecule has 0 N–H and O–H groups in total. The van der Waals surface area contributed by atoms with Gasteiger partial charge in [0, 0.05) is 12.5 Å². The van der Waals surface area contributed by atoms with Gasteiger partial charge in [-0.2, -0.15) is 0 Å². The summed E-state index contributed by atoms with van der Waals surface area (Å²) in [5, 5.41) is 0.